The topological polar surface area (TPSA) is 70.0 Å². The molecule has 2 rings (SSSR count). The minimum Gasteiger partial charge on any atom is -0.504 e. The lowest BCUT2D eigenvalue weighted by molar-refractivity contribution is 0.0401. The maximum absolute atomic E-state index is 12.1. The van der Waals surface area contributed by atoms with Gasteiger partial charge in [-0.2, -0.15) is 0 Å². The number of hydrogen-bond acceptors (Lipinski definition) is 5. The molecule has 0 bridgehead atoms. The second-order valence-electron chi connectivity index (χ2n) is 4.84. The van der Waals surface area contributed by atoms with Gasteiger partial charge in [-0.15, -0.1) is 0 Å². The first-order valence-electron chi connectivity index (χ1n) is 6.40. The van der Waals surface area contributed by atoms with Crippen molar-refractivity contribution in [3.05, 3.63) is 23.8 Å². The van der Waals surface area contributed by atoms with Crippen LogP contribution in [-0.2, 0) is 4.74 Å². The van der Waals surface area contributed by atoms with E-state index in [1.54, 1.807) is 7.11 Å². The molecule has 0 unspecified atom stereocenters. The van der Waals surface area contributed by atoms with Gasteiger partial charge >= 0.3 is 0 Å². The largest absolute Gasteiger partial charge is 0.504 e. The number of ketones is 1. The molecule has 0 atom stereocenters. The van der Waals surface area contributed by atoms with E-state index in [9.17, 15) is 15.0 Å². The Kier molecular flexibility index (Phi) is 4.39. The number of carbonyl (C=O) groups excluding carboxylic acids is 1. The number of phenols is 2. The third-order valence-corrected chi connectivity index (χ3v) is 3.53. The summed E-state index contributed by atoms with van der Waals surface area (Å²) < 4.78 is 5.29. The average Bonchev–Trinajstić information content (AvgIpc) is 2.42. The summed E-state index contributed by atoms with van der Waals surface area (Å²) in [6.07, 6.45) is 2.17. The summed E-state index contributed by atoms with van der Waals surface area (Å²) in [4.78, 5) is 14.1. The molecule has 0 spiro atoms. The molecular weight excluding hydrogens is 246 g/mol. The number of likely N-dealkylation sites (tertiary alicyclic amines) is 1. The second-order valence-corrected chi connectivity index (χ2v) is 4.84. The van der Waals surface area contributed by atoms with Crippen molar-refractivity contribution < 1.29 is 19.7 Å². The van der Waals surface area contributed by atoms with Crippen LogP contribution in [0.25, 0.3) is 0 Å². The molecule has 0 saturated carbocycles. The summed E-state index contributed by atoms with van der Waals surface area (Å²) in [5.74, 6) is -0.521. The van der Waals surface area contributed by atoms with Gasteiger partial charge in [0.1, 0.15) is 0 Å². The smallest absolute Gasteiger partial charge is 0.176 e. The van der Waals surface area contributed by atoms with Crippen LogP contribution in [0.15, 0.2) is 18.2 Å². The maximum atomic E-state index is 12.1. The van der Waals surface area contributed by atoms with Crippen molar-refractivity contribution in [3.63, 3.8) is 0 Å². The molecule has 104 valence electrons. The molecule has 2 N–H and O–H groups in total. The third kappa shape index (κ3) is 3.45. The molecular formula is C14H19NO4. The van der Waals surface area contributed by atoms with E-state index in [1.165, 1.54) is 18.2 Å². The fourth-order valence-electron chi connectivity index (χ4n) is 2.29. The van der Waals surface area contributed by atoms with Gasteiger partial charge in [0.05, 0.1) is 12.6 Å². The van der Waals surface area contributed by atoms with E-state index in [1.807, 2.05) is 0 Å². The fraction of sp³-hybridized carbons (Fsp3) is 0.500. The molecule has 1 aliphatic heterocycles. The lowest BCUT2D eigenvalue weighted by Gasteiger charge is -2.30. The molecule has 5 nitrogen and oxygen atoms in total. The molecule has 5 heteroatoms. The van der Waals surface area contributed by atoms with Crippen molar-refractivity contribution in [2.24, 2.45) is 0 Å². The number of ether oxygens (including phenoxy) is 1. The molecule has 0 amide bonds. The van der Waals surface area contributed by atoms with E-state index in [0.29, 0.717) is 18.2 Å². The Bertz CT molecular complexity index is 453. The van der Waals surface area contributed by atoms with E-state index in [4.69, 9.17) is 4.74 Å². The number of phenolic OH excluding ortho intramolecular Hbond substituents is 2. The first kappa shape index (κ1) is 13.8. The van der Waals surface area contributed by atoms with Gasteiger partial charge in [-0.25, -0.2) is 0 Å². The SMILES string of the molecule is COC1CCN(CC(=O)c2ccc(O)c(O)c2)CC1. The monoisotopic (exact) mass is 265 g/mol. The van der Waals surface area contributed by atoms with Crippen molar-refractivity contribution >= 4 is 5.78 Å². The van der Waals surface area contributed by atoms with E-state index in [0.717, 1.165) is 25.9 Å². The standard InChI is InChI=1S/C14H19NO4/c1-19-11-4-6-15(7-5-11)9-14(18)10-2-3-12(16)13(17)8-10/h2-3,8,11,16-17H,4-7,9H2,1H3. The summed E-state index contributed by atoms with van der Waals surface area (Å²) in [6.45, 7) is 2.02. The Labute approximate surface area is 112 Å². The molecule has 0 aromatic heterocycles. The van der Waals surface area contributed by atoms with Crippen molar-refractivity contribution in [2.45, 2.75) is 18.9 Å². The first-order valence-corrected chi connectivity index (χ1v) is 6.40. The molecule has 0 aliphatic carbocycles. The zero-order chi connectivity index (χ0) is 13.8. The number of Topliss-reactive ketones (excluding diaryl/α,β-unsaturated/α-hetero) is 1. The van der Waals surface area contributed by atoms with Crippen LogP contribution in [-0.4, -0.2) is 53.7 Å². The molecule has 1 aliphatic rings. The molecule has 1 saturated heterocycles. The van der Waals surface area contributed by atoms with Gasteiger partial charge in [-0.1, -0.05) is 0 Å². The summed E-state index contributed by atoms with van der Waals surface area (Å²) in [6, 6.07) is 4.17. The Morgan fingerprint density at radius 1 is 1.32 bits per heavy atom. The number of methoxy groups -OCH3 is 1. The molecule has 1 fully saturated rings. The van der Waals surface area contributed by atoms with Gasteiger partial charge in [0.2, 0.25) is 0 Å². The van der Waals surface area contributed by atoms with Gasteiger partial charge in [0.15, 0.2) is 17.3 Å². The number of nitrogens with zero attached hydrogens (tertiary/aromatic N) is 1. The quantitative estimate of drug-likeness (QED) is 0.636. The molecule has 1 aromatic rings. The molecule has 19 heavy (non-hydrogen) atoms. The van der Waals surface area contributed by atoms with Gasteiger partial charge < -0.3 is 14.9 Å². The van der Waals surface area contributed by atoms with E-state index < -0.39 is 0 Å². The number of rotatable bonds is 4. The molecule has 0 radical (unpaired) electrons. The van der Waals surface area contributed by atoms with Crippen LogP contribution < -0.4 is 0 Å². The number of benzene rings is 1. The van der Waals surface area contributed by atoms with Crippen LogP contribution in [0.1, 0.15) is 23.2 Å². The first-order chi connectivity index (χ1) is 9.10. The Morgan fingerprint density at radius 2 is 2.00 bits per heavy atom. The van der Waals surface area contributed by atoms with Crippen LogP contribution in [0, 0.1) is 0 Å². The zero-order valence-electron chi connectivity index (χ0n) is 11.0. The van der Waals surface area contributed by atoms with Gasteiger partial charge in [-0.3, -0.25) is 9.69 Å². The van der Waals surface area contributed by atoms with E-state index >= 15 is 0 Å². The highest BCUT2D eigenvalue weighted by Gasteiger charge is 2.21. The van der Waals surface area contributed by atoms with Crippen LogP contribution in [0.3, 0.4) is 0 Å². The molecule has 1 heterocycles. The predicted molar refractivity (Wildman–Crippen MR) is 70.6 cm³/mol. The van der Waals surface area contributed by atoms with E-state index in [2.05, 4.69) is 4.90 Å². The van der Waals surface area contributed by atoms with Gasteiger partial charge in [0.25, 0.3) is 0 Å². The zero-order valence-corrected chi connectivity index (χ0v) is 11.0. The fourth-order valence-corrected chi connectivity index (χ4v) is 2.29. The van der Waals surface area contributed by atoms with Crippen molar-refractivity contribution in [3.8, 4) is 11.5 Å². The van der Waals surface area contributed by atoms with Crippen LogP contribution in [0.4, 0.5) is 0 Å². The molecule has 1 aromatic carbocycles. The summed E-state index contributed by atoms with van der Waals surface area (Å²) >= 11 is 0. The normalized spacial score (nSPS) is 17.5. The maximum Gasteiger partial charge on any atom is 0.176 e. The minimum absolute atomic E-state index is 0.0498. The summed E-state index contributed by atoms with van der Waals surface area (Å²) in [5.41, 5.74) is 0.421. The van der Waals surface area contributed by atoms with Crippen molar-refractivity contribution in [1.29, 1.82) is 0 Å². The lowest BCUT2D eigenvalue weighted by Crippen LogP contribution is -2.39. The van der Waals surface area contributed by atoms with Gasteiger partial charge in [-0.05, 0) is 31.0 Å². The van der Waals surface area contributed by atoms with Gasteiger partial charge in [0, 0.05) is 25.8 Å². The summed E-state index contributed by atoms with van der Waals surface area (Å²) in [7, 11) is 1.71. The highest BCUT2D eigenvalue weighted by molar-refractivity contribution is 5.98. The summed E-state index contributed by atoms with van der Waals surface area (Å²) in [5, 5.41) is 18.6. The third-order valence-electron chi connectivity index (χ3n) is 3.53. The Morgan fingerprint density at radius 3 is 2.58 bits per heavy atom. The predicted octanol–water partition coefficient (Wildman–Crippen LogP) is 1.39. The number of aromatic hydroxyl groups is 2. The highest BCUT2D eigenvalue weighted by atomic mass is 16.5. The van der Waals surface area contributed by atoms with E-state index in [-0.39, 0.29) is 17.3 Å². The average molecular weight is 265 g/mol. The van der Waals surface area contributed by atoms with Crippen LogP contribution in [0.2, 0.25) is 0 Å². The highest BCUT2D eigenvalue weighted by Crippen LogP contribution is 2.25. The van der Waals surface area contributed by atoms with Crippen molar-refractivity contribution in [2.75, 3.05) is 26.7 Å². The number of hydrogen-bond donors (Lipinski definition) is 2. The second kappa shape index (κ2) is 6.04. The lowest BCUT2D eigenvalue weighted by atomic mass is 10.1. The minimum atomic E-state index is -0.260. The Hall–Kier alpha value is -1.59. The number of piperidine rings is 1. The van der Waals surface area contributed by atoms with Crippen LogP contribution in [0.5, 0.6) is 11.5 Å². The van der Waals surface area contributed by atoms with Crippen LogP contribution >= 0.6 is 0 Å². The Balaban J connectivity index is 1.92. The van der Waals surface area contributed by atoms with Crippen molar-refractivity contribution in [1.82, 2.24) is 4.90 Å². The number of carbonyl (C=O) groups is 1.